The van der Waals surface area contributed by atoms with Crippen LogP contribution >= 0.6 is 34.8 Å². The van der Waals surface area contributed by atoms with Crippen molar-refractivity contribution >= 4 is 46.4 Å². The molecule has 0 saturated heterocycles. The van der Waals surface area contributed by atoms with Crippen LogP contribution in [-0.4, -0.2) is 10.9 Å². The Morgan fingerprint density at radius 3 is 2.62 bits per heavy atom. The second-order valence-corrected chi connectivity index (χ2v) is 6.33. The number of anilines is 1. The standard InChI is InChI=1S/C17H11Cl3N2O2/c1-9-2-4-11(18)7-14(9)21-16(23)15-8-24-17(22-15)10-3-5-12(19)13(20)6-10/h2-8H,1H3,(H,21,23). The quantitative estimate of drug-likeness (QED) is 0.618. The van der Waals surface area contributed by atoms with Crippen molar-refractivity contribution in [1.82, 2.24) is 4.98 Å². The summed E-state index contributed by atoms with van der Waals surface area (Å²) in [5, 5.41) is 4.11. The van der Waals surface area contributed by atoms with Crippen molar-refractivity contribution in [3.63, 3.8) is 0 Å². The molecule has 0 aliphatic heterocycles. The Balaban J connectivity index is 1.83. The summed E-state index contributed by atoms with van der Waals surface area (Å²) < 4.78 is 5.36. The molecule has 0 spiro atoms. The molecule has 0 atom stereocenters. The highest BCUT2D eigenvalue weighted by molar-refractivity contribution is 6.42. The van der Waals surface area contributed by atoms with E-state index in [0.29, 0.717) is 26.3 Å². The van der Waals surface area contributed by atoms with E-state index in [4.69, 9.17) is 39.2 Å². The number of carbonyl (C=O) groups excluding carboxylic acids is 1. The maximum absolute atomic E-state index is 12.3. The molecule has 1 amide bonds. The van der Waals surface area contributed by atoms with Crippen LogP contribution in [0.25, 0.3) is 11.5 Å². The van der Waals surface area contributed by atoms with E-state index in [1.54, 1.807) is 30.3 Å². The Kier molecular flexibility index (Phi) is 4.81. The van der Waals surface area contributed by atoms with Gasteiger partial charge in [0.2, 0.25) is 5.89 Å². The Morgan fingerprint density at radius 2 is 1.88 bits per heavy atom. The van der Waals surface area contributed by atoms with Crippen LogP contribution in [0.4, 0.5) is 5.69 Å². The molecule has 0 aliphatic rings. The van der Waals surface area contributed by atoms with Gasteiger partial charge in [-0.15, -0.1) is 0 Å². The van der Waals surface area contributed by atoms with Gasteiger partial charge in [0.05, 0.1) is 10.0 Å². The van der Waals surface area contributed by atoms with Gasteiger partial charge in [0.25, 0.3) is 5.91 Å². The van der Waals surface area contributed by atoms with Crippen LogP contribution in [0.15, 0.2) is 47.1 Å². The number of amides is 1. The summed E-state index contributed by atoms with van der Waals surface area (Å²) in [4.78, 5) is 16.5. The van der Waals surface area contributed by atoms with Crippen molar-refractivity contribution in [3.05, 3.63) is 69.0 Å². The lowest BCUT2D eigenvalue weighted by atomic mass is 10.2. The zero-order valence-corrected chi connectivity index (χ0v) is 14.7. The van der Waals surface area contributed by atoms with E-state index in [-0.39, 0.29) is 11.6 Å². The Bertz CT molecular complexity index is 922. The predicted molar refractivity (Wildman–Crippen MR) is 96.1 cm³/mol. The van der Waals surface area contributed by atoms with E-state index in [9.17, 15) is 4.79 Å². The zero-order chi connectivity index (χ0) is 17.3. The molecule has 1 N–H and O–H groups in total. The zero-order valence-electron chi connectivity index (χ0n) is 12.4. The highest BCUT2D eigenvalue weighted by Gasteiger charge is 2.15. The summed E-state index contributed by atoms with van der Waals surface area (Å²) >= 11 is 17.8. The molecule has 4 nitrogen and oxygen atoms in total. The molecule has 24 heavy (non-hydrogen) atoms. The number of aryl methyl sites for hydroxylation is 1. The average Bonchev–Trinajstić information content (AvgIpc) is 3.03. The van der Waals surface area contributed by atoms with Crippen LogP contribution in [0.1, 0.15) is 16.1 Å². The number of benzene rings is 2. The molecule has 0 bridgehead atoms. The first-order valence-corrected chi connectivity index (χ1v) is 8.06. The van der Waals surface area contributed by atoms with Crippen molar-refractivity contribution in [2.24, 2.45) is 0 Å². The maximum Gasteiger partial charge on any atom is 0.277 e. The van der Waals surface area contributed by atoms with E-state index in [1.165, 1.54) is 6.26 Å². The fourth-order valence-corrected chi connectivity index (χ4v) is 2.53. The number of halogens is 3. The first-order valence-electron chi connectivity index (χ1n) is 6.92. The molecule has 3 aromatic rings. The number of oxazole rings is 1. The number of aromatic nitrogens is 1. The van der Waals surface area contributed by atoms with Crippen LogP contribution in [0.2, 0.25) is 15.1 Å². The predicted octanol–water partition coefficient (Wildman–Crippen LogP) is 5.86. The SMILES string of the molecule is Cc1ccc(Cl)cc1NC(=O)c1coc(-c2ccc(Cl)c(Cl)c2)n1. The molecule has 0 aliphatic carbocycles. The molecular weight excluding hydrogens is 371 g/mol. The molecule has 3 rings (SSSR count). The van der Waals surface area contributed by atoms with Crippen molar-refractivity contribution in [1.29, 1.82) is 0 Å². The number of hydrogen-bond donors (Lipinski definition) is 1. The minimum atomic E-state index is -0.393. The summed E-state index contributed by atoms with van der Waals surface area (Å²) in [6, 6.07) is 10.2. The van der Waals surface area contributed by atoms with Crippen LogP contribution < -0.4 is 5.32 Å². The van der Waals surface area contributed by atoms with Crippen LogP contribution in [0, 0.1) is 6.92 Å². The summed E-state index contributed by atoms with van der Waals surface area (Å²) in [6.07, 6.45) is 1.28. The number of nitrogens with zero attached hydrogens (tertiary/aromatic N) is 1. The highest BCUT2D eigenvalue weighted by atomic mass is 35.5. The van der Waals surface area contributed by atoms with E-state index in [1.807, 2.05) is 13.0 Å². The normalized spacial score (nSPS) is 10.7. The molecule has 0 saturated carbocycles. The van der Waals surface area contributed by atoms with Crippen LogP contribution in [0.5, 0.6) is 0 Å². The molecule has 2 aromatic carbocycles. The Hall–Kier alpha value is -2.01. The lowest BCUT2D eigenvalue weighted by Gasteiger charge is -2.06. The number of hydrogen-bond acceptors (Lipinski definition) is 3. The second-order valence-electron chi connectivity index (χ2n) is 5.08. The van der Waals surface area contributed by atoms with Gasteiger partial charge in [-0.05, 0) is 42.8 Å². The maximum atomic E-state index is 12.3. The van der Waals surface area contributed by atoms with Crippen LogP contribution in [-0.2, 0) is 0 Å². The monoisotopic (exact) mass is 380 g/mol. The Morgan fingerprint density at radius 1 is 1.08 bits per heavy atom. The second kappa shape index (κ2) is 6.85. The molecule has 7 heteroatoms. The van der Waals surface area contributed by atoms with Crippen molar-refractivity contribution in [3.8, 4) is 11.5 Å². The van der Waals surface area contributed by atoms with Crippen molar-refractivity contribution < 1.29 is 9.21 Å². The summed E-state index contributed by atoms with van der Waals surface area (Å²) in [5.74, 6) is -0.114. The van der Waals surface area contributed by atoms with Gasteiger partial charge < -0.3 is 9.73 Å². The average molecular weight is 382 g/mol. The molecule has 1 aromatic heterocycles. The largest absolute Gasteiger partial charge is 0.444 e. The minimum Gasteiger partial charge on any atom is -0.444 e. The smallest absolute Gasteiger partial charge is 0.277 e. The molecule has 0 fully saturated rings. The van der Waals surface area contributed by atoms with Crippen molar-refractivity contribution in [2.45, 2.75) is 6.92 Å². The van der Waals surface area contributed by atoms with Gasteiger partial charge >= 0.3 is 0 Å². The third kappa shape index (κ3) is 3.56. The van der Waals surface area contributed by atoms with Gasteiger partial charge in [-0.2, -0.15) is 0 Å². The van der Waals surface area contributed by atoms with Gasteiger partial charge in [-0.3, -0.25) is 4.79 Å². The minimum absolute atomic E-state index is 0.149. The third-order valence-electron chi connectivity index (χ3n) is 3.35. The first kappa shape index (κ1) is 16.8. The first-order chi connectivity index (χ1) is 11.4. The fourth-order valence-electron chi connectivity index (χ4n) is 2.06. The van der Waals surface area contributed by atoms with Gasteiger partial charge in [-0.25, -0.2) is 4.98 Å². The van der Waals surface area contributed by atoms with Crippen molar-refractivity contribution in [2.75, 3.05) is 5.32 Å². The van der Waals surface area contributed by atoms with E-state index < -0.39 is 5.91 Å². The lowest BCUT2D eigenvalue weighted by Crippen LogP contribution is -2.13. The summed E-state index contributed by atoms with van der Waals surface area (Å²) in [6.45, 7) is 1.87. The van der Waals surface area contributed by atoms with Gasteiger partial charge in [0.1, 0.15) is 6.26 Å². The Labute approximate surface area is 153 Å². The molecule has 0 unspecified atom stereocenters. The lowest BCUT2D eigenvalue weighted by molar-refractivity contribution is 0.102. The number of nitrogens with one attached hydrogen (secondary N) is 1. The number of rotatable bonds is 3. The van der Waals surface area contributed by atoms with E-state index in [2.05, 4.69) is 10.3 Å². The molecule has 122 valence electrons. The molecule has 1 heterocycles. The van der Waals surface area contributed by atoms with Gasteiger partial charge in [0, 0.05) is 16.3 Å². The molecular formula is C17H11Cl3N2O2. The van der Waals surface area contributed by atoms with Crippen LogP contribution in [0.3, 0.4) is 0 Å². The highest BCUT2D eigenvalue weighted by Crippen LogP contribution is 2.28. The summed E-state index contributed by atoms with van der Waals surface area (Å²) in [5.41, 5.74) is 2.28. The number of carbonyl (C=O) groups is 1. The molecule has 0 radical (unpaired) electrons. The topological polar surface area (TPSA) is 55.1 Å². The third-order valence-corrected chi connectivity index (χ3v) is 4.33. The van der Waals surface area contributed by atoms with E-state index >= 15 is 0 Å². The van der Waals surface area contributed by atoms with E-state index in [0.717, 1.165) is 5.56 Å². The summed E-state index contributed by atoms with van der Waals surface area (Å²) in [7, 11) is 0. The van der Waals surface area contributed by atoms with Gasteiger partial charge in [0.15, 0.2) is 5.69 Å². The fraction of sp³-hybridized carbons (Fsp3) is 0.0588. The van der Waals surface area contributed by atoms with Gasteiger partial charge in [-0.1, -0.05) is 40.9 Å².